The van der Waals surface area contributed by atoms with Crippen LogP contribution in [0.1, 0.15) is 0 Å². The van der Waals surface area contributed by atoms with Crippen LogP contribution in [0, 0.1) is 0 Å². The van der Waals surface area contributed by atoms with Crippen molar-refractivity contribution in [2.24, 2.45) is 0 Å². The molecule has 0 spiro atoms. The van der Waals surface area contributed by atoms with Gasteiger partial charge in [0.2, 0.25) is 0 Å². The van der Waals surface area contributed by atoms with Gasteiger partial charge in [0.25, 0.3) is 0 Å². The molecule has 1 aromatic heterocycles. The zero-order valence-corrected chi connectivity index (χ0v) is 10.5. The minimum atomic E-state index is -4.92. The van der Waals surface area contributed by atoms with E-state index >= 15 is 0 Å². The molecule has 0 aliphatic rings. The van der Waals surface area contributed by atoms with E-state index in [4.69, 9.17) is 0 Å². The average molecular weight is 214 g/mol. The number of nitrogens with zero attached hydrogens (tertiary/aromatic N) is 1. The van der Waals surface area contributed by atoms with Gasteiger partial charge in [-0.1, -0.05) is 11.5 Å². The molecule has 66 valence electrons. The van der Waals surface area contributed by atoms with Crippen molar-refractivity contribution in [3.05, 3.63) is 18.3 Å². The second-order valence-electron chi connectivity index (χ2n) is 2.30. The van der Waals surface area contributed by atoms with Crippen LogP contribution in [0.3, 0.4) is 0 Å². The second-order valence-corrected chi connectivity index (χ2v) is 2.30. The molecule has 0 aromatic carbocycles. The van der Waals surface area contributed by atoms with Gasteiger partial charge < -0.3 is 18.3 Å². The topological polar surface area (TPSA) is 24.9 Å². The average Bonchev–Trinajstić information content (AvgIpc) is 2.03. The fourth-order valence-electron chi connectivity index (χ4n) is 0.747. The minimum absolute atomic E-state index is 0. The van der Waals surface area contributed by atoms with E-state index in [1.165, 1.54) is 6.07 Å². The Bertz CT molecular complexity index is 262. The normalized spacial score (nSPS) is 10.5. The van der Waals surface area contributed by atoms with Gasteiger partial charge in [0.05, 0.1) is 0 Å². The molecule has 0 aliphatic heterocycles. The van der Waals surface area contributed by atoms with Gasteiger partial charge >= 0.3 is 58.4 Å². The number of rotatable bonds is 2. The molecule has 1 N–H and O–H groups in total. The van der Waals surface area contributed by atoms with Crippen LogP contribution in [0.15, 0.2) is 18.3 Å². The van der Waals surface area contributed by atoms with Crippen molar-refractivity contribution in [3.63, 3.8) is 0 Å². The zero-order valence-electron chi connectivity index (χ0n) is 7.39. The van der Waals surface area contributed by atoms with Crippen molar-refractivity contribution in [3.8, 4) is 0 Å². The largest absolute Gasteiger partial charge is 1.00 e. The number of hydrogen-bond donors (Lipinski definition) is 1. The molecule has 0 radical (unpaired) electrons. The van der Waals surface area contributed by atoms with Crippen molar-refractivity contribution >= 4 is 18.3 Å². The summed E-state index contributed by atoms with van der Waals surface area (Å²) in [5.74, 6) is 0.429. The number of nitrogens with one attached hydrogen (secondary N) is 1. The summed E-state index contributed by atoms with van der Waals surface area (Å²) in [5.41, 5.74) is -0.672. The summed E-state index contributed by atoms with van der Waals surface area (Å²) < 4.78 is 36.1. The first-order chi connectivity index (χ1) is 5.54. The van der Waals surface area contributed by atoms with E-state index in [0.29, 0.717) is 5.82 Å². The summed E-state index contributed by atoms with van der Waals surface area (Å²) in [5, 5.41) is 2.63. The predicted octanol–water partition coefficient (Wildman–Crippen LogP) is -1.82. The summed E-state index contributed by atoms with van der Waals surface area (Å²) in [6.45, 7) is -4.92. The number of hydrogen-bond acceptors (Lipinski definition) is 2. The van der Waals surface area contributed by atoms with Crippen LogP contribution in [0.2, 0.25) is 0 Å². The fraction of sp³-hybridized carbons (Fsp3) is 0.167. The van der Waals surface area contributed by atoms with Gasteiger partial charge in [-0.05, 0) is 6.07 Å². The zero-order chi connectivity index (χ0) is 9.19. The summed E-state index contributed by atoms with van der Waals surface area (Å²) in [6.07, 6.45) is 0.825. The fourth-order valence-corrected chi connectivity index (χ4v) is 0.747. The Kier molecular flexibility index (Phi) is 5.54. The van der Waals surface area contributed by atoms with E-state index in [9.17, 15) is 12.9 Å². The van der Waals surface area contributed by atoms with Gasteiger partial charge in [-0.2, -0.15) is 0 Å². The van der Waals surface area contributed by atoms with Gasteiger partial charge in [-0.25, -0.2) is 4.98 Å². The van der Waals surface area contributed by atoms with E-state index in [-0.39, 0.29) is 51.4 Å². The molecule has 0 amide bonds. The molecule has 0 fully saturated rings. The van der Waals surface area contributed by atoms with Crippen LogP contribution in [-0.4, -0.2) is 19.0 Å². The summed E-state index contributed by atoms with van der Waals surface area (Å²) in [7, 11) is 1.60. The van der Waals surface area contributed by atoms with Gasteiger partial charge in [0.15, 0.2) is 0 Å². The molecule has 7 heteroatoms. The van der Waals surface area contributed by atoms with Crippen LogP contribution in [0.25, 0.3) is 0 Å². The van der Waals surface area contributed by atoms with Gasteiger partial charge in [0.1, 0.15) is 5.82 Å². The molecule has 1 aromatic rings. The number of pyridine rings is 1. The number of halogens is 3. The maximum absolute atomic E-state index is 12.0. The minimum Gasteiger partial charge on any atom is -0.445 e. The standard InChI is InChI=1S/C6H7BF3N2.K/c1-11-6-3-2-5(4-12-6)7(8,9)10;/h2-4H,1H3,(H,11,12);/q-1;+1. The van der Waals surface area contributed by atoms with E-state index in [1.54, 1.807) is 7.05 Å². The maximum atomic E-state index is 12.0. The van der Waals surface area contributed by atoms with Crippen molar-refractivity contribution in [2.45, 2.75) is 0 Å². The van der Waals surface area contributed by atoms with Crippen molar-refractivity contribution in [1.29, 1.82) is 0 Å². The Hall–Kier alpha value is 0.441. The quantitative estimate of drug-likeness (QED) is 0.586. The first-order valence-corrected chi connectivity index (χ1v) is 3.37. The second kappa shape index (κ2) is 5.35. The summed E-state index contributed by atoms with van der Waals surface area (Å²) in [4.78, 5) is 3.55. The van der Waals surface area contributed by atoms with Gasteiger partial charge in [0, 0.05) is 13.2 Å². The molecule has 0 unspecified atom stereocenters. The monoisotopic (exact) mass is 214 g/mol. The first-order valence-electron chi connectivity index (χ1n) is 3.37. The first kappa shape index (κ1) is 13.4. The molecule has 13 heavy (non-hydrogen) atoms. The molecule has 0 aliphatic carbocycles. The third kappa shape index (κ3) is 3.99. The van der Waals surface area contributed by atoms with Crippen molar-refractivity contribution in [2.75, 3.05) is 12.4 Å². The Labute approximate surface area is 117 Å². The van der Waals surface area contributed by atoms with Crippen LogP contribution in [0.4, 0.5) is 18.8 Å². The Morgan fingerprint density at radius 2 is 1.92 bits per heavy atom. The molecule has 0 bridgehead atoms. The third-order valence-electron chi connectivity index (χ3n) is 1.42. The molecule has 2 nitrogen and oxygen atoms in total. The predicted molar refractivity (Wildman–Crippen MR) is 42.5 cm³/mol. The molecule has 0 atom stereocenters. The summed E-state index contributed by atoms with van der Waals surface area (Å²) in [6, 6.07) is 2.31. The van der Waals surface area contributed by atoms with Gasteiger partial charge in [-0.15, -0.1) is 0 Å². The number of anilines is 1. The molecular weight excluding hydrogens is 207 g/mol. The van der Waals surface area contributed by atoms with Crippen LogP contribution >= 0.6 is 0 Å². The van der Waals surface area contributed by atoms with Crippen LogP contribution in [0.5, 0.6) is 0 Å². The Balaban J connectivity index is 0.00000144. The number of aromatic nitrogens is 1. The molecular formula is C6H7BF3KN2. The Morgan fingerprint density at radius 1 is 1.31 bits per heavy atom. The van der Waals surface area contributed by atoms with E-state index in [1.807, 2.05) is 0 Å². The van der Waals surface area contributed by atoms with Crippen LogP contribution in [-0.2, 0) is 0 Å². The van der Waals surface area contributed by atoms with E-state index < -0.39 is 12.4 Å². The maximum Gasteiger partial charge on any atom is 1.00 e. The van der Waals surface area contributed by atoms with Crippen molar-refractivity contribution in [1.82, 2.24) is 4.98 Å². The van der Waals surface area contributed by atoms with Crippen molar-refractivity contribution < 1.29 is 64.3 Å². The van der Waals surface area contributed by atoms with Crippen LogP contribution < -0.4 is 62.2 Å². The van der Waals surface area contributed by atoms with E-state index in [2.05, 4.69) is 10.3 Å². The molecule has 0 saturated carbocycles. The molecule has 1 rings (SSSR count). The SMILES string of the molecule is CNc1ccc([B-](F)(F)F)cn1.[K+]. The molecule has 0 saturated heterocycles. The Morgan fingerprint density at radius 3 is 2.23 bits per heavy atom. The molecule has 1 heterocycles. The third-order valence-corrected chi connectivity index (χ3v) is 1.42. The smallest absolute Gasteiger partial charge is 0.445 e. The van der Waals surface area contributed by atoms with Gasteiger partial charge in [-0.3, -0.25) is 0 Å². The van der Waals surface area contributed by atoms with E-state index in [0.717, 1.165) is 12.3 Å². The summed E-state index contributed by atoms with van der Waals surface area (Å²) >= 11 is 0.